The Morgan fingerprint density at radius 3 is 2.65 bits per heavy atom. The fourth-order valence-corrected chi connectivity index (χ4v) is 5.88. The van der Waals surface area contributed by atoms with Gasteiger partial charge in [0.2, 0.25) is 5.91 Å². The van der Waals surface area contributed by atoms with Crippen LogP contribution in [0, 0.1) is 17.8 Å². The van der Waals surface area contributed by atoms with Gasteiger partial charge < -0.3 is 24.7 Å². The van der Waals surface area contributed by atoms with Crippen LogP contribution in [0.25, 0.3) is 5.65 Å². The van der Waals surface area contributed by atoms with Crippen LogP contribution in [-0.2, 0) is 21.1 Å². The Morgan fingerprint density at radius 2 is 2.02 bits per heavy atom. The summed E-state index contributed by atoms with van der Waals surface area (Å²) in [7, 11) is -0.283. The van der Waals surface area contributed by atoms with E-state index < -0.39 is 46.5 Å². The summed E-state index contributed by atoms with van der Waals surface area (Å²) in [4.78, 5) is 18.5. The molecule has 2 N–H and O–H groups in total. The summed E-state index contributed by atoms with van der Waals surface area (Å²) in [5.74, 6) is 4.75. The Labute approximate surface area is 247 Å². The van der Waals surface area contributed by atoms with Gasteiger partial charge in [-0.2, -0.15) is 13.2 Å². The van der Waals surface area contributed by atoms with Crippen LogP contribution >= 0.6 is 0 Å². The third-order valence-electron chi connectivity index (χ3n) is 7.24. The molecule has 0 saturated carbocycles. The van der Waals surface area contributed by atoms with E-state index in [1.54, 1.807) is 19.2 Å². The molecular formula is C29H33F4N5O4S. The zero-order chi connectivity index (χ0) is 31.5. The number of rotatable bonds is 8. The van der Waals surface area contributed by atoms with Crippen LogP contribution < -0.4 is 15.4 Å². The monoisotopic (exact) mass is 623 g/mol. The second-order valence-electron chi connectivity index (χ2n) is 10.6. The Hall–Kier alpha value is -3.83. The van der Waals surface area contributed by atoms with Gasteiger partial charge in [-0.3, -0.25) is 4.79 Å². The van der Waals surface area contributed by atoms with E-state index in [0.717, 1.165) is 6.26 Å². The smallest absolute Gasteiger partial charge is 0.394 e. The first kappa shape index (κ1) is 32.1. The number of ether oxygens (including phenoxy) is 1. The number of nitrogens with zero attached hydrogens (tertiary/aromatic N) is 3. The normalized spacial score (nSPS) is 18.5. The number of anilines is 1. The van der Waals surface area contributed by atoms with Crippen molar-refractivity contribution < 1.29 is 35.5 Å². The number of carbonyl (C=O) groups excluding carboxylic acids is 1. The van der Waals surface area contributed by atoms with E-state index in [2.05, 4.69) is 27.5 Å². The van der Waals surface area contributed by atoms with Crippen molar-refractivity contribution in [2.24, 2.45) is 5.92 Å². The summed E-state index contributed by atoms with van der Waals surface area (Å²) >= 11 is 0. The van der Waals surface area contributed by atoms with E-state index in [0.29, 0.717) is 24.2 Å². The molecule has 3 atom stereocenters. The minimum atomic E-state index is -4.57. The minimum absolute atomic E-state index is 0.0194. The van der Waals surface area contributed by atoms with E-state index in [1.807, 2.05) is 4.90 Å². The van der Waals surface area contributed by atoms with Gasteiger partial charge in [-0.1, -0.05) is 12.0 Å². The number of halogens is 4. The number of pyridine rings is 1. The number of amides is 1. The maximum atomic E-state index is 15.2. The molecule has 9 nitrogen and oxygen atoms in total. The highest BCUT2D eigenvalue weighted by Crippen LogP contribution is 2.35. The van der Waals surface area contributed by atoms with Gasteiger partial charge in [-0.25, -0.2) is 17.8 Å². The van der Waals surface area contributed by atoms with Gasteiger partial charge in [-0.15, -0.1) is 0 Å². The van der Waals surface area contributed by atoms with Gasteiger partial charge in [0.25, 0.3) is 0 Å². The van der Waals surface area contributed by atoms with Crippen LogP contribution in [0.15, 0.2) is 41.4 Å². The summed E-state index contributed by atoms with van der Waals surface area (Å²) in [5.41, 5.74) is 0.706. The van der Waals surface area contributed by atoms with E-state index in [1.165, 1.54) is 42.8 Å². The molecule has 2 aromatic heterocycles. The van der Waals surface area contributed by atoms with Crippen molar-refractivity contribution in [3.05, 3.63) is 53.5 Å². The number of piperidine rings is 1. The second kappa shape index (κ2) is 12.8. The molecule has 1 saturated heterocycles. The molecule has 1 fully saturated rings. The van der Waals surface area contributed by atoms with Crippen molar-refractivity contribution in [1.82, 2.24) is 19.6 Å². The number of aromatic nitrogens is 2. The number of fused-ring (bicyclic) bond motifs is 1. The molecule has 14 heteroatoms. The second-order valence-corrected chi connectivity index (χ2v) is 12.6. The standard InChI is InChI=1S/C29H33F4N5O4S/c1-18(39)35-27(20-11-14-37(2)17-22(20)30)21-7-6-13-38-25(16-29(31,32)33)23(36-28(21)38)8-5-12-34-24-10-9-19(43(4,40)41)15-26(24)42-3/h6-7,9-10,13,15,20,22,27,34H,11-12,14,16-17H2,1-4H3,(H,35,39)/t20-,22-,27-/m0/s1. The van der Waals surface area contributed by atoms with E-state index >= 15 is 4.39 Å². The van der Waals surface area contributed by atoms with Gasteiger partial charge in [0, 0.05) is 43.5 Å². The summed E-state index contributed by atoms with van der Waals surface area (Å²) in [5, 5.41) is 5.78. The summed E-state index contributed by atoms with van der Waals surface area (Å²) < 4.78 is 86.5. The average Bonchev–Trinajstić information content (AvgIpc) is 3.25. The van der Waals surface area contributed by atoms with E-state index in [4.69, 9.17) is 4.74 Å². The molecule has 0 spiro atoms. The van der Waals surface area contributed by atoms with Crippen LogP contribution in [-0.4, -0.2) is 81.0 Å². The van der Waals surface area contributed by atoms with Gasteiger partial charge >= 0.3 is 6.18 Å². The quantitative estimate of drug-likeness (QED) is 0.291. The van der Waals surface area contributed by atoms with Crippen molar-refractivity contribution in [1.29, 1.82) is 0 Å². The highest BCUT2D eigenvalue weighted by atomic mass is 32.2. The molecule has 3 aromatic rings. The van der Waals surface area contributed by atoms with Gasteiger partial charge in [0.05, 0.1) is 42.4 Å². The van der Waals surface area contributed by atoms with Crippen molar-refractivity contribution in [3.8, 4) is 17.6 Å². The maximum absolute atomic E-state index is 15.2. The highest BCUT2D eigenvalue weighted by Gasteiger charge is 2.37. The van der Waals surface area contributed by atoms with Crippen molar-refractivity contribution in [2.75, 3.05) is 45.4 Å². The van der Waals surface area contributed by atoms with Gasteiger partial charge in [0.15, 0.2) is 9.84 Å². The molecule has 4 rings (SSSR count). The number of alkyl halides is 4. The number of hydrogen-bond donors (Lipinski definition) is 2. The third-order valence-corrected chi connectivity index (χ3v) is 8.35. The lowest BCUT2D eigenvalue weighted by atomic mass is 9.84. The van der Waals surface area contributed by atoms with Crippen LogP contribution in [0.4, 0.5) is 23.2 Å². The van der Waals surface area contributed by atoms with Crippen LogP contribution in [0.1, 0.15) is 36.3 Å². The first-order valence-electron chi connectivity index (χ1n) is 13.4. The highest BCUT2D eigenvalue weighted by molar-refractivity contribution is 7.90. The Kier molecular flexibility index (Phi) is 9.56. The van der Waals surface area contributed by atoms with Crippen molar-refractivity contribution in [3.63, 3.8) is 0 Å². The molecule has 0 aliphatic carbocycles. The molecule has 1 aliphatic rings. The molecule has 0 radical (unpaired) electrons. The Balaban J connectivity index is 1.71. The van der Waals surface area contributed by atoms with Crippen LogP contribution in [0.3, 0.4) is 0 Å². The number of likely N-dealkylation sites (tertiary alicyclic amines) is 1. The fraction of sp³-hybridized carbons (Fsp3) is 0.448. The lowest BCUT2D eigenvalue weighted by molar-refractivity contribution is -0.128. The lowest BCUT2D eigenvalue weighted by Crippen LogP contribution is -2.45. The average molecular weight is 624 g/mol. The number of hydrogen-bond acceptors (Lipinski definition) is 7. The topological polar surface area (TPSA) is 105 Å². The molecule has 0 bridgehead atoms. The van der Waals surface area contributed by atoms with Gasteiger partial charge in [0.1, 0.15) is 23.3 Å². The zero-order valence-corrected chi connectivity index (χ0v) is 24.9. The molecular weight excluding hydrogens is 590 g/mol. The molecule has 3 heterocycles. The van der Waals surface area contributed by atoms with Gasteiger partial charge in [-0.05, 0) is 44.1 Å². The van der Waals surface area contributed by atoms with E-state index in [9.17, 15) is 26.4 Å². The SMILES string of the molecule is COc1cc(S(C)(=O)=O)ccc1NCC#Cc1nc2c([C@@H](NC(C)=O)[C@H]3CCN(C)C[C@@H]3F)cccn2c1CC(F)(F)F. The number of carbonyl (C=O) groups is 1. The Bertz CT molecular complexity index is 1660. The van der Waals surface area contributed by atoms with Crippen LogP contribution in [0.5, 0.6) is 5.75 Å². The molecule has 1 amide bonds. The number of sulfone groups is 1. The number of imidazole rings is 1. The predicted octanol–water partition coefficient (Wildman–Crippen LogP) is 3.78. The number of methoxy groups -OCH3 is 1. The minimum Gasteiger partial charge on any atom is -0.495 e. The molecule has 1 aliphatic heterocycles. The van der Waals surface area contributed by atoms with Crippen molar-refractivity contribution in [2.45, 2.75) is 43.1 Å². The predicted molar refractivity (Wildman–Crippen MR) is 153 cm³/mol. The fourth-order valence-electron chi connectivity index (χ4n) is 5.24. The lowest BCUT2D eigenvalue weighted by Gasteiger charge is -2.37. The first-order valence-corrected chi connectivity index (χ1v) is 15.3. The van der Waals surface area contributed by atoms with Crippen LogP contribution in [0.2, 0.25) is 0 Å². The summed E-state index contributed by atoms with van der Waals surface area (Å²) in [6.07, 6.45) is -4.19. The number of benzene rings is 1. The molecule has 1 aromatic carbocycles. The van der Waals surface area contributed by atoms with Crippen molar-refractivity contribution >= 4 is 27.1 Å². The molecule has 232 valence electrons. The third kappa shape index (κ3) is 7.77. The largest absolute Gasteiger partial charge is 0.495 e. The summed E-state index contributed by atoms with van der Waals surface area (Å²) in [6.45, 7) is 2.06. The maximum Gasteiger partial charge on any atom is 0.394 e. The first-order chi connectivity index (χ1) is 20.2. The zero-order valence-electron chi connectivity index (χ0n) is 24.1. The molecule has 0 unspecified atom stereocenters. The van der Waals surface area contributed by atoms with E-state index in [-0.39, 0.29) is 40.8 Å². The molecule has 43 heavy (non-hydrogen) atoms. The number of nitrogens with one attached hydrogen (secondary N) is 2. The Morgan fingerprint density at radius 1 is 1.28 bits per heavy atom. The summed E-state index contributed by atoms with van der Waals surface area (Å²) in [6, 6.07) is 6.63.